The summed E-state index contributed by atoms with van der Waals surface area (Å²) in [6.07, 6.45) is 3.78. The number of carbonyl (C=O) groups is 1. The molecule has 7 heteroatoms. The summed E-state index contributed by atoms with van der Waals surface area (Å²) in [4.78, 5) is 12.7. The van der Waals surface area contributed by atoms with Gasteiger partial charge in [0.15, 0.2) is 0 Å². The first-order chi connectivity index (χ1) is 12.4. The molecule has 0 saturated carbocycles. The zero-order valence-electron chi connectivity index (χ0n) is 15.6. The number of nitrogens with one attached hydrogen (secondary N) is 2. The molecule has 0 spiro atoms. The van der Waals surface area contributed by atoms with E-state index in [0.717, 1.165) is 38.8 Å². The van der Waals surface area contributed by atoms with Gasteiger partial charge < -0.3 is 10.6 Å². The molecule has 0 radical (unpaired) electrons. The molecule has 2 N–H and O–H groups in total. The van der Waals surface area contributed by atoms with E-state index in [9.17, 15) is 13.2 Å². The van der Waals surface area contributed by atoms with Crippen molar-refractivity contribution < 1.29 is 13.2 Å². The maximum Gasteiger partial charge on any atom is 0.251 e. The molecule has 1 amide bonds. The highest BCUT2D eigenvalue weighted by Gasteiger charge is 2.31. The quantitative estimate of drug-likeness (QED) is 0.838. The van der Waals surface area contributed by atoms with E-state index in [0.29, 0.717) is 18.0 Å². The number of amides is 1. The van der Waals surface area contributed by atoms with Crippen molar-refractivity contribution in [1.82, 2.24) is 14.9 Å². The van der Waals surface area contributed by atoms with Gasteiger partial charge in [-0.15, -0.1) is 0 Å². The SMILES string of the molecule is CC1CNCCC1NC(=O)c1ccc(S(=O)(=O)N2CCCCC2C)cc1. The van der Waals surface area contributed by atoms with Crippen LogP contribution in [0.1, 0.15) is 49.9 Å². The molecule has 2 aliphatic rings. The fraction of sp³-hybridized carbons (Fsp3) is 0.632. The van der Waals surface area contributed by atoms with Gasteiger partial charge in [0.05, 0.1) is 4.90 Å². The van der Waals surface area contributed by atoms with Crippen molar-refractivity contribution in [2.24, 2.45) is 5.92 Å². The van der Waals surface area contributed by atoms with Crippen molar-refractivity contribution in [2.45, 2.75) is 56.5 Å². The molecule has 2 aliphatic heterocycles. The lowest BCUT2D eigenvalue weighted by atomic mass is 9.95. The molecule has 2 saturated heterocycles. The highest BCUT2D eigenvalue weighted by atomic mass is 32.2. The van der Waals surface area contributed by atoms with Crippen molar-refractivity contribution in [3.8, 4) is 0 Å². The van der Waals surface area contributed by atoms with Crippen LogP contribution in [0.25, 0.3) is 0 Å². The Labute approximate surface area is 156 Å². The second kappa shape index (κ2) is 8.06. The Morgan fingerprint density at radius 1 is 1.15 bits per heavy atom. The summed E-state index contributed by atoms with van der Waals surface area (Å²) in [7, 11) is -3.50. The Balaban J connectivity index is 1.70. The molecule has 2 fully saturated rings. The zero-order valence-corrected chi connectivity index (χ0v) is 16.4. The summed E-state index contributed by atoms with van der Waals surface area (Å²) in [6, 6.07) is 6.51. The van der Waals surface area contributed by atoms with Crippen molar-refractivity contribution in [1.29, 1.82) is 0 Å². The van der Waals surface area contributed by atoms with Crippen LogP contribution in [0.15, 0.2) is 29.2 Å². The van der Waals surface area contributed by atoms with E-state index in [1.165, 1.54) is 0 Å². The molecule has 0 bridgehead atoms. The average molecular weight is 380 g/mol. The smallest absolute Gasteiger partial charge is 0.251 e. The van der Waals surface area contributed by atoms with Gasteiger partial charge in [0.25, 0.3) is 5.91 Å². The summed E-state index contributed by atoms with van der Waals surface area (Å²) in [5.41, 5.74) is 0.501. The highest BCUT2D eigenvalue weighted by molar-refractivity contribution is 7.89. The number of sulfonamides is 1. The Morgan fingerprint density at radius 2 is 1.88 bits per heavy atom. The van der Waals surface area contributed by atoms with Gasteiger partial charge in [-0.05, 0) is 69.5 Å². The third-order valence-corrected chi connectivity index (χ3v) is 7.59. The highest BCUT2D eigenvalue weighted by Crippen LogP contribution is 2.25. The Morgan fingerprint density at radius 3 is 2.54 bits per heavy atom. The lowest BCUT2D eigenvalue weighted by molar-refractivity contribution is 0.0914. The molecule has 0 aromatic heterocycles. The summed E-state index contributed by atoms with van der Waals surface area (Å²) >= 11 is 0. The lowest BCUT2D eigenvalue weighted by Crippen LogP contribution is -2.48. The summed E-state index contributed by atoms with van der Waals surface area (Å²) in [5.74, 6) is 0.243. The third-order valence-electron chi connectivity index (χ3n) is 5.57. The predicted octanol–water partition coefficient (Wildman–Crippen LogP) is 1.98. The average Bonchev–Trinajstić information content (AvgIpc) is 2.64. The molecule has 2 heterocycles. The van der Waals surface area contributed by atoms with Gasteiger partial charge in [-0.25, -0.2) is 8.42 Å². The van der Waals surface area contributed by atoms with Gasteiger partial charge >= 0.3 is 0 Å². The molecular weight excluding hydrogens is 350 g/mol. The second-order valence-corrected chi connectivity index (χ2v) is 9.43. The van der Waals surface area contributed by atoms with E-state index < -0.39 is 10.0 Å². The van der Waals surface area contributed by atoms with E-state index in [4.69, 9.17) is 0 Å². The van der Waals surface area contributed by atoms with Crippen molar-refractivity contribution in [3.05, 3.63) is 29.8 Å². The maximum absolute atomic E-state index is 12.9. The van der Waals surface area contributed by atoms with E-state index in [2.05, 4.69) is 17.6 Å². The van der Waals surface area contributed by atoms with Crippen LogP contribution >= 0.6 is 0 Å². The maximum atomic E-state index is 12.9. The monoisotopic (exact) mass is 379 g/mol. The number of hydrogen-bond donors (Lipinski definition) is 2. The second-order valence-electron chi connectivity index (χ2n) is 7.53. The molecule has 3 rings (SSSR count). The summed E-state index contributed by atoms with van der Waals surface area (Å²) in [6.45, 7) is 6.45. The molecule has 6 nitrogen and oxygen atoms in total. The summed E-state index contributed by atoms with van der Waals surface area (Å²) < 4.78 is 27.3. The minimum atomic E-state index is -3.50. The van der Waals surface area contributed by atoms with Crippen LogP contribution in [-0.2, 0) is 10.0 Å². The molecule has 144 valence electrons. The standard InChI is InChI=1S/C19H29N3O3S/c1-14-13-20-11-10-18(14)21-19(23)16-6-8-17(9-7-16)26(24,25)22-12-4-3-5-15(22)2/h6-9,14-15,18,20H,3-5,10-13H2,1-2H3,(H,21,23). The molecule has 3 atom stereocenters. The predicted molar refractivity (Wildman–Crippen MR) is 102 cm³/mol. The number of piperidine rings is 2. The fourth-order valence-electron chi connectivity index (χ4n) is 3.82. The largest absolute Gasteiger partial charge is 0.349 e. The van der Waals surface area contributed by atoms with Crippen molar-refractivity contribution in [2.75, 3.05) is 19.6 Å². The van der Waals surface area contributed by atoms with Gasteiger partial charge in [0, 0.05) is 24.2 Å². The normalized spacial score (nSPS) is 27.8. The number of benzene rings is 1. The summed E-state index contributed by atoms with van der Waals surface area (Å²) in [5, 5.41) is 6.39. The van der Waals surface area contributed by atoms with E-state index in [-0.39, 0.29) is 22.9 Å². The van der Waals surface area contributed by atoms with Crippen molar-refractivity contribution in [3.63, 3.8) is 0 Å². The first-order valence-electron chi connectivity index (χ1n) is 9.53. The minimum absolute atomic E-state index is 0.0260. The number of carbonyl (C=O) groups excluding carboxylic acids is 1. The number of hydrogen-bond acceptors (Lipinski definition) is 4. The molecule has 3 unspecified atom stereocenters. The van der Waals surface area contributed by atoms with E-state index >= 15 is 0 Å². The zero-order chi connectivity index (χ0) is 18.7. The van der Waals surface area contributed by atoms with Gasteiger partial charge in [-0.3, -0.25) is 4.79 Å². The molecule has 26 heavy (non-hydrogen) atoms. The van der Waals surface area contributed by atoms with Gasteiger partial charge in [0.1, 0.15) is 0 Å². The molecule has 1 aromatic carbocycles. The Bertz CT molecular complexity index is 733. The van der Waals surface area contributed by atoms with E-state index in [1.807, 2.05) is 6.92 Å². The fourth-order valence-corrected chi connectivity index (χ4v) is 5.52. The topological polar surface area (TPSA) is 78.5 Å². The van der Waals surface area contributed by atoms with Gasteiger partial charge in [-0.2, -0.15) is 4.31 Å². The van der Waals surface area contributed by atoms with Gasteiger partial charge in [-0.1, -0.05) is 13.3 Å². The Hall–Kier alpha value is -1.44. The van der Waals surface area contributed by atoms with Crippen LogP contribution in [0.5, 0.6) is 0 Å². The Kier molecular flexibility index (Phi) is 5.99. The lowest BCUT2D eigenvalue weighted by Gasteiger charge is -2.32. The third kappa shape index (κ3) is 4.10. The first kappa shape index (κ1) is 19.3. The van der Waals surface area contributed by atoms with Crippen molar-refractivity contribution >= 4 is 15.9 Å². The van der Waals surface area contributed by atoms with E-state index in [1.54, 1.807) is 28.6 Å². The molecule has 1 aromatic rings. The van der Waals surface area contributed by atoms with Crippen LogP contribution in [0.3, 0.4) is 0 Å². The first-order valence-corrected chi connectivity index (χ1v) is 11.0. The van der Waals surface area contributed by atoms with Crippen LogP contribution in [0, 0.1) is 5.92 Å². The van der Waals surface area contributed by atoms with Crippen LogP contribution in [0.2, 0.25) is 0 Å². The van der Waals surface area contributed by atoms with Crippen LogP contribution < -0.4 is 10.6 Å². The van der Waals surface area contributed by atoms with Crippen LogP contribution in [0.4, 0.5) is 0 Å². The molecule has 0 aliphatic carbocycles. The molecular formula is C19H29N3O3S. The van der Waals surface area contributed by atoms with Crippen LogP contribution in [-0.4, -0.2) is 50.3 Å². The minimum Gasteiger partial charge on any atom is -0.349 e. The van der Waals surface area contributed by atoms with Gasteiger partial charge in [0.2, 0.25) is 10.0 Å². The number of rotatable bonds is 4. The number of nitrogens with zero attached hydrogens (tertiary/aromatic N) is 1.